The van der Waals surface area contributed by atoms with E-state index in [0.29, 0.717) is 0 Å². The molecule has 2 N–H and O–H groups in total. The first kappa shape index (κ1) is 9.86. The van der Waals surface area contributed by atoms with E-state index < -0.39 is 0 Å². The largest absolute Gasteiger partial charge is 0.507 e. The quantitative estimate of drug-likeness (QED) is 0.589. The molecule has 75 valence electrons. The molecule has 0 saturated carbocycles. The Labute approximate surface area is 89.0 Å². The molecule has 2 aromatic carbocycles. The van der Waals surface area contributed by atoms with Crippen LogP contribution in [-0.4, -0.2) is 19.8 Å². The maximum atomic E-state index is 9.65. The van der Waals surface area contributed by atoms with Crippen LogP contribution in [0, 0.1) is 0 Å². The molecule has 0 unspecified atom stereocenters. The molecule has 4 heteroatoms. The monoisotopic (exact) mass is 200 g/mol. The van der Waals surface area contributed by atoms with Crippen molar-refractivity contribution in [1.82, 2.24) is 0 Å². The van der Waals surface area contributed by atoms with E-state index in [1.54, 1.807) is 13.2 Å². The SMILES string of the molecule is CO[B]Nc1ccc(O)c2ccccc12. The van der Waals surface area contributed by atoms with Crippen LogP contribution in [0.1, 0.15) is 0 Å². The molecule has 0 spiro atoms. The number of phenols is 1. The van der Waals surface area contributed by atoms with Crippen LogP contribution in [0.3, 0.4) is 0 Å². The molecule has 0 saturated heterocycles. The number of hydrogen-bond donors (Lipinski definition) is 2. The Bertz CT molecular complexity index is 473. The zero-order chi connectivity index (χ0) is 10.7. The summed E-state index contributed by atoms with van der Waals surface area (Å²) < 4.78 is 4.83. The van der Waals surface area contributed by atoms with Crippen molar-refractivity contribution in [2.24, 2.45) is 0 Å². The number of aromatic hydroxyl groups is 1. The number of phenolic OH excluding ortho intramolecular Hbond substituents is 1. The Hall–Kier alpha value is -1.68. The van der Waals surface area contributed by atoms with E-state index in [0.717, 1.165) is 16.5 Å². The predicted molar refractivity (Wildman–Crippen MR) is 62.0 cm³/mol. The molecule has 0 atom stereocenters. The molecule has 1 radical (unpaired) electrons. The van der Waals surface area contributed by atoms with E-state index in [9.17, 15) is 5.11 Å². The van der Waals surface area contributed by atoms with Crippen molar-refractivity contribution in [1.29, 1.82) is 0 Å². The number of rotatable bonds is 3. The van der Waals surface area contributed by atoms with E-state index in [4.69, 9.17) is 4.65 Å². The van der Waals surface area contributed by atoms with Crippen LogP contribution >= 0.6 is 0 Å². The molecule has 0 amide bonds. The van der Waals surface area contributed by atoms with Gasteiger partial charge in [-0.3, -0.25) is 0 Å². The number of hydrogen-bond acceptors (Lipinski definition) is 3. The minimum absolute atomic E-state index is 0.286. The second kappa shape index (κ2) is 4.23. The molecule has 2 aromatic rings. The molecule has 0 aliphatic rings. The summed E-state index contributed by atoms with van der Waals surface area (Å²) in [5.74, 6) is 0.286. The first-order valence-electron chi connectivity index (χ1n) is 4.64. The molecule has 0 heterocycles. The van der Waals surface area contributed by atoms with Gasteiger partial charge >= 0.3 is 7.62 Å². The van der Waals surface area contributed by atoms with Crippen LogP contribution in [0.15, 0.2) is 36.4 Å². The van der Waals surface area contributed by atoms with Crippen molar-refractivity contribution in [2.45, 2.75) is 0 Å². The standard InChI is InChI=1S/C11H11BNO2/c1-15-12-13-10-6-7-11(14)9-5-3-2-4-8(9)10/h2-7,13-14H,1H3. The van der Waals surface area contributed by atoms with Gasteiger partial charge in [-0.05, 0) is 12.1 Å². The highest BCUT2D eigenvalue weighted by Gasteiger charge is 2.04. The lowest BCUT2D eigenvalue weighted by molar-refractivity contribution is 0.446. The van der Waals surface area contributed by atoms with Gasteiger partial charge in [0.15, 0.2) is 0 Å². The van der Waals surface area contributed by atoms with Gasteiger partial charge in [0.1, 0.15) is 5.75 Å². The number of fused-ring (bicyclic) bond motifs is 1. The minimum atomic E-state index is 0.286. The summed E-state index contributed by atoms with van der Waals surface area (Å²) in [6.07, 6.45) is 0. The Morgan fingerprint density at radius 2 is 1.87 bits per heavy atom. The molecule has 2 rings (SSSR count). The number of anilines is 1. The molecule has 0 aliphatic carbocycles. The smallest absolute Gasteiger partial charge is 0.435 e. The number of nitrogens with one attached hydrogen (secondary N) is 1. The predicted octanol–water partition coefficient (Wildman–Crippen LogP) is 2.14. The second-order valence-corrected chi connectivity index (χ2v) is 3.18. The summed E-state index contributed by atoms with van der Waals surface area (Å²) in [7, 11) is 3.08. The van der Waals surface area contributed by atoms with E-state index in [2.05, 4.69) is 5.23 Å². The molecule has 15 heavy (non-hydrogen) atoms. The van der Waals surface area contributed by atoms with Gasteiger partial charge in [-0.15, -0.1) is 0 Å². The van der Waals surface area contributed by atoms with E-state index in [1.165, 1.54) is 7.62 Å². The van der Waals surface area contributed by atoms with Crippen LogP contribution in [0.2, 0.25) is 0 Å². The maximum Gasteiger partial charge on any atom is 0.435 e. The fraction of sp³-hybridized carbons (Fsp3) is 0.0909. The third kappa shape index (κ3) is 1.90. The first-order valence-corrected chi connectivity index (χ1v) is 4.64. The van der Waals surface area contributed by atoms with Gasteiger partial charge in [-0.1, -0.05) is 24.3 Å². The Kier molecular flexibility index (Phi) is 2.78. The van der Waals surface area contributed by atoms with Crippen molar-refractivity contribution in [3.8, 4) is 5.75 Å². The third-order valence-electron chi connectivity index (χ3n) is 2.23. The summed E-state index contributed by atoms with van der Waals surface area (Å²) in [5, 5.41) is 14.4. The normalized spacial score (nSPS) is 10.2. The average molecular weight is 200 g/mol. The van der Waals surface area contributed by atoms with Gasteiger partial charge in [0.05, 0.1) is 0 Å². The molecular weight excluding hydrogens is 189 g/mol. The van der Waals surface area contributed by atoms with Crippen LogP contribution in [0.4, 0.5) is 5.69 Å². The summed E-state index contributed by atoms with van der Waals surface area (Å²) in [4.78, 5) is 0. The van der Waals surface area contributed by atoms with Gasteiger partial charge in [-0.2, -0.15) is 0 Å². The van der Waals surface area contributed by atoms with E-state index >= 15 is 0 Å². The highest BCUT2D eigenvalue weighted by atomic mass is 16.4. The van der Waals surface area contributed by atoms with Crippen molar-refractivity contribution in [3.05, 3.63) is 36.4 Å². The first-order chi connectivity index (χ1) is 7.33. The lowest BCUT2D eigenvalue weighted by atomic mass is 10.1. The van der Waals surface area contributed by atoms with Crippen LogP contribution in [0.5, 0.6) is 5.75 Å². The van der Waals surface area contributed by atoms with Gasteiger partial charge < -0.3 is 15.0 Å². The minimum Gasteiger partial charge on any atom is -0.507 e. The fourth-order valence-electron chi connectivity index (χ4n) is 1.53. The van der Waals surface area contributed by atoms with Crippen molar-refractivity contribution in [2.75, 3.05) is 12.3 Å². The van der Waals surface area contributed by atoms with Gasteiger partial charge in [0.2, 0.25) is 0 Å². The van der Waals surface area contributed by atoms with Crippen LogP contribution in [0.25, 0.3) is 10.8 Å². The number of benzene rings is 2. The van der Waals surface area contributed by atoms with Gasteiger partial charge in [-0.25, -0.2) is 0 Å². The topological polar surface area (TPSA) is 41.5 Å². The second-order valence-electron chi connectivity index (χ2n) is 3.18. The third-order valence-corrected chi connectivity index (χ3v) is 2.23. The van der Waals surface area contributed by atoms with Crippen molar-refractivity contribution < 1.29 is 9.76 Å². The van der Waals surface area contributed by atoms with E-state index in [1.807, 2.05) is 30.3 Å². The molecule has 0 bridgehead atoms. The van der Waals surface area contributed by atoms with Crippen molar-refractivity contribution >= 4 is 24.1 Å². The molecular formula is C11H11BNO2. The maximum absolute atomic E-state index is 9.65. The summed E-state index contributed by atoms with van der Waals surface area (Å²) in [6.45, 7) is 0. The zero-order valence-corrected chi connectivity index (χ0v) is 8.40. The molecule has 0 aliphatic heterocycles. The summed E-state index contributed by atoms with van der Waals surface area (Å²) in [5.41, 5.74) is 0.908. The fourth-order valence-corrected chi connectivity index (χ4v) is 1.53. The van der Waals surface area contributed by atoms with E-state index in [-0.39, 0.29) is 5.75 Å². The summed E-state index contributed by atoms with van der Waals surface area (Å²) >= 11 is 0. The lowest BCUT2D eigenvalue weighted by Gasteiger charge is -2.08. The molecule has 0 aromatic heterocycles. The van der Waals surface area contributed by atoms with Gasteiger partial charge in [0, 0.05) is 23.6 Å². The van der Waals surface area contributed by atoms with Gasteiger partial charge in [0.25, 0.3) is 0 Å². The van der Waals surface area contributed by atoms with Crippen LogP contribution < -0.4 is 5.23 Å². The lowest BCUT2D eigenvalue weighted by Crippen LogP contribution is -2.08. The highest BCUT2D eigenvalue weighted by Crippen LogP contribution is 2.30. The average Bonchev–Trinajstić information content (AvgIpc) is 2.29. The Morgan fingerprint density at radius 3 is 2.60 bits per heavy atom. The van der Waals surface area contributed by atoms with Crippen molar-refractivity contribution in [3.63, 3.8) is 0 Å². The van der Waals surface area contributed by atoms with Crippen LogP contribution in [-0.2, 0) is 4.65 Å². The highest BCUT2D eigenvalue weighted by molar-refractivity contribution is 6.33. The molecule has 0 fully saturated rings. The Morgan fingerprint density at radius 1 is 1.13 bits per heavy atom. The Balaban J connectivity index is 2.51. The zero-order valence-electron chi connectivity index (χ0n) is 8.40. The summed E-state index contributed by atoms with van der Waals surface area (Å²) in [6, 6.07) is 11.1. The molecule has 3 nitrogen and oxygen atoms in total.